The van der Waals surface area contributed by atoms with Crippen LogP contribution in [0, 0.1) is 23.3 Å². The van der Waals surface area contributed by atoms with Crippen molar-refractivity contribution >= 4 is 23.5 Å². The lowest BCUT2D eigenvalue weighted by molar-refractivity contribution is 0.502. The van der Waals surface area contributed by atoms with Crippen molar-refractivity contribution in [3.05, 3.63) is 207 Å². The molecule has 2 atom stereocenters. The summed E-state index contributed by atoms with van der Waals surface area (Å²) >= 11 is 1.63. The Kier molecular flexibility index (Phi) is 8.93. The number of fused-ring (bicyclic) bond motifs is 2. The van der Waals surface area contributed by atoms with Crippen LogP contribution in [-0.2, 0) is 23.7 Å². The molecule has 4 heterocycles. The van der Waals surface area contributed by atoms with Crippen molar-refractivity contribution in [2.75, 3.05) is 0 Å². The number of aromatic nitrogens is 5. The Hall–Kier alpha value is -6.59. The normalized spacial score (nSPS) is 18.2. The van der Waals surface area contributed by atoms with Gasteiger partial charge in [0.1, 0.15) is 12.0 Å². The highest BCUT2D eigenvalue weighted by Crippen LogP contribution is 2.45. The molecule has 0 saturated heterocycles. The lowest BCUT2D eigenvalue weighted by Gasteiger charge is -2.34. The minimum Gasteiger partial charge on any atom is -0.443 e. The number of halogens is 4. The van der Waals surface area contributed by atoms with E-state index in [1.807, 2.05) is 90.3 Å². The van der Waals surface area contributed by atoms with Gasteiger partial charge in [-0.05, 0) is 58.0 Å². The highest BCUT2D eigenvalue weighted by atomic mass is 32.1. The van der Waals surface area contributed by atoms with Crippen molar-refractivity contribution in [2.45, 2.75) is 23.7 Å². The van der Waals surface area contributed by atoms with E-state index in [4.69, 9.17) is 4.42 Å². The standard InChI is InChI=1S/C23H16F2N2S.C22H15F2N3O/c24-19-7-6-17(12-20(19)25)23(16-4-2-1-3-5-16)10-8-18-21(13-23)26-27-22(18)15-9-11-28-14-15;23-17-7-6-15(12-18(17)24)22(14-4-2-1-3-5-14)9-8-16-19(13-22)26-27-20(16)21-25-10-11-28-21/h1-12,14H,13H2,(H,26,27);1-12H,13H2,(H,26,27). The molecule has 6 nitrogen and oxygen atoms in total. The topological polar surface area (TPSA) is 83.4 Å². The molecule has 10 rings (SSSR count). The summed E-state index contributed by atoms with van der Waals surface area (Å²) in [6.45, 7) is 0. The lowest BCUT2D eigenvalue weighted by Crippen LogP contribution is -2.30. The first-order chi connectivity index (χ1) is 27.3. The highest BCUT2D eigenvalue weighted by Gasteiger charge is 2.39. The van der Waals surface area contributed by atoms with Crippen LogP contribution in [0.15, 0.2) is 143 Å². The Labute approximate surface area is 322 Å². The van der Waals surface area contributed by atoms with Crippen LogP contribution < -0.4 is 0 Å². The van der Waals surface area contributed by atoms with E-state index in [2.05, 4.69) is 36.8 Å². The summed E-state index contributed by atoms with van der Waals surface area (Å²) in [7, 11) is 0. The molecule has 2 unspecified atom stereocenters. The number of benzene rings is 4. The van der Waals surface area contributed by atoms with Crippen LogP contribution in [0.25, 0.3) is 35.0 Å². The summed E-state index contributed by atoms with van der Waals surface area (Å²) < 4.78 is 60.7. The largest absolute Gasteiger partial charge is 0.443 e. The summed E-state index contributed by atoms with van der Waals surface area (Å²) in [5, 5.41) is 19.2. The molecule has 0 radical (unpaired) electrons. The third-order valence-corrected chi connectivity index (χ3v) is 11.3. The second kappa shape index (κ2) is 14.2. The van der Waals surface area contributed by atoms with Gasteiger partial charge in [-0.1, -0.05) is 97.1 Å². The average molecular weight is 766 g/mol. The van der Waals surface area contributed by atoms with Gasteiger partial charge in [0.2, 0.25) is 5.89 Å². The molecule has 0 bridgehead atoms. The zero-order valence-corrected chi connectivity index (χ0v) is 30.3. The first kappa shape index (κ1) is 35.1. The first-order valence-corrected chi connectivity index (χ1v) is 18.8. The Morgan fingerprint density at radius 2 is 1.12 bits per heavy atom. The number of allylic oxidation sites excluding steroid dienone is 2. The minimum atomic E-state index is -0.864. The predicted octanol–water partition coefficient (Wildman–Crippen LogP) is 10.9. The molecule has 11 heteroatoms. The molecule has 0 saturated carbocycles. The summed E-state index contributed by atoms with van der Waals surface area (Å²) in [5.41, 5.74) is 8.56. The summed E-state index contributed by atoms with van der Waals surface area (Å²) in [6, 6.07) is 30.0. The first-order valence-electron chi connectivity index (χ1n) is 17.8. The molecule has 4 aromatic heterocycles. The molecule has 0 fully saturated rings. The number of nitrogens with one attached hydrogen (secondary N) is 2. The van der Waals surface area contributed by atoms with Crippen LogP contribution in [0.4, 0.5) is 17.6 Å². The fraction of sp³-hybridized carbons (Fsp3) is 0.0889. The number of oxazole rings is 1. The molecule has 4 aromatic carbocycles. The van der Waals surface area contributed by atoms with Gasteiger partial charge < -0.3 is 4.42 Å². The van der Waals surface area contributed by atoms with E-state index in [-0.39, 0.29) is 0 Å². The van der Waals surface area contributed by atoms with E-state index >= 15 is 0 Å². The van der Waals surface area contributed by atoms with Crippen LogP contribution in [0.2, 0.25) is 0 Å². The number of rotatable bonds is 6. The zero-order chi connectivity index (χ0) is 38.3. The molecule has 0 aliphatic heterocycles. The summed E-state index contributed by atoms with van der Waals surface area (Å²) in [4.78, 5) is 4.17. The maximum atomic E-state index is 14.1. The molecular formula is C45H31F4N5OS. The number of nitrogens with zero attached hydrogens (tertiary/aromatic N) is 3. The number of aromatic amines is 2. The quantitative estimate of drug-likeness (QED) is 0.165. The third kappa shape index (κ3) is 6.10. The predicted molar refractivity (Wildman–Crippen MR) is 209 cm³/mol. The molecule has 2 aliphatic rings. The molecule has 0 spiro atoms. The van der Waals surface area contributed by atoms with E-state index < -0.39 is 34.1 Å². The van der Waals surface area contributed by atoms with Crippen molar-refractivity contribution in [1.82, 2.24) is 25.4 Å². The van der Waals surface area contributed by atoms with Crippen LogP contribution in [0.5, 0.6) is 0 Å². The van der Waals surface area contributed by atoms with Crippen LogP contribution in [-0.4, -0.2) is 25.4 Å². The Morgan fingerprint density at radius 3 is 1.61 bits per heavy atom. The zero-order valence-electron chi connectivity index (χ0n) is 29.5. The second-order valence-corrected chi connectivity index (χ2v) is 14.5. The Balaban J connectivity index is 0.000000146. The molecule has 2 N–H and O–H groups in total. The van der Waals surface area contributed by atoms with Gasteiger partial charge in [-0.25, -0.2) is 22.5 Å². The van der Waals surface area contributed by atoms with Crippen LogP contribution in [0.3, 0.4) is 0 Å². The monoisotopic (exact) mass is 765 g/mol. The van der Waals surface area contributed by atoms with Gasteiger partial charge in [-0.2, -0.15) is 21.5 Å². The van der Waals surface area contributed by atoms with Gasteiger partial charge in [0.25, 0.3) is 0 Å². The number of hydrogen-bond acceptors (Lipinski definition) is 5. The molecule has 276 valence electrons. The third-order valence-electron chi connectivity index (χ3n) is 10.6. The van der Waals surface area contributed by atoms with E-state index in [1.54, 1.807) is 29.7 Å². The average Bonchev–Trinajstić information content (AvgIpc) is 4.08. The number of thiophene rings is 1. The number of H-pyrrole nitrogens is 2. The maximum absolute atomic E-state index is 14.1. The highest BCUT2D eigenvalue weighted by molar-refractivity contribution is 7.08. The molecular weight excluding hydrogens is 735 g/mol. The van der Waals surface area contributed by atoms with Crippen molar-refractivity contribution < 1.29 is 22.0 Å². The molecule has 0 amide bonds. The fourth-order valence-electron chi connectivity index (χ4n) is 7.80. The maximum Gasteiger partial charge on any atom is 0.247 e. The summed E-state index contributed by atoms with van der Waals surface area (Å²) in [5.74, 6) is -2.97. The van der Waals surface area contributed by atoms with Gasteiger partial charge in [0, 0.05) is 57.1 Å². The smallest absolute Gasteiger partial charge is 0.247 e. The lowest BCUT2D eigenvalue weighted by atomic mass is 9.68. The molecule has 2 aliphatic carbocycles. The van der Waals surface area contributed by atoms with Crippen LogP contribution >= 0.6 is 11.3 Å². The van der Waals surface area contributed by atoms with Gasteiger partial charge in [-0.3, -0.25) is 10.2 Å². The SMILES string of the molecule is Fc1ccc(C2(c3ccccc3)C=Cc3c(-c4ccsc4)n[nH]c3C2)cc1F.Fc1ccc(C2(c3ccccc3)C=Cc3c(-c4ncco4)n[nH]c3C2)cc1F. The van der Waals surface area contributed by atoms with E-state index in [0.717, 1.165) is 44.9 Å². The molecule has 56 heavy (non-hydrogen) atoms. The van der Waals surface area contributed by atoms with Gasteiger partial charge >= 0.3 is 0 Å². The van der Waals surface area contributed by atoms with Crippen molar-refractivity contribution in [3.8, 4) is 22.8 Å². The molecule has 8 aromatic rings. The van der Waals surface area contributed by atoms with Crippen LogP contribution in [0.1, 0.15) is 44.8 Å². The van der Waals surface area contributed by atoms with E-state index in [0.29, 0.717) is 35.6 Å². The number of hydrogen-bond donors (Lipinski definition) is 2. The van der Waals surface area contributed by atoms with Crippen molar-refractivity contribution in [1.29, 1.82) is 0 Å². The minimum absolute atomic E-state index is 0.433. The van der Waals surface area contributed by atoms with E-state index in [1.165, 1.54) is 30.5 Å². The Bertz CT molecular complexity index is 2520. The van der Waals surface area contributed by atoms with E-state index in [9.17, 15) is 17.6 Å². The van der Waals surface area contributed by atoms with Gasteiger partial charge in [0.05, 0.1) is 6.20 Å². The fourth-order valence-corrected chi connectivity index (χ4v) is 8.44. The van der Waals surface area contributed by atoms with Crippen molar-refractivity contribution in [2.24, 2.45) is 0 Å². The Morgan fingerprint density at radius 1 is 0.589 bits per heavy atom. The van der Waals surface area contributed by atoms with Crippen molar-refractivity contribution in [3.63, 3.8) is 0 Å². The van der Waals surface area contributed by atoms with Gasteiger partial charge in [-0.15, -0.1) is 0 Å². The summed E-state index contributed by atoms with van der Waals surface area (Å²) in [6.07, 6.45) is 12.3. The second-order valence-electron chi connectivity index (χ2n) is 13.7. The van der Waals surface area contributed by atoms with Gasteiger partial charge in [0.15, 0.2) is 29.0 Å².